The second-order valence-electron chi connectivity index (χ2n) is 5.90. The molecule has 140 valence electrons. The first kappa shape index (κ1) is 17.5. The summed E-state index contributed by atoms with van der Waals surface area (Å²) in [6.07, 6.45) is 4.90. The third kappa shape index (κ3) is 3.48. The smallest absolute Gasteiger partial charge is 0.274 e. The van der Waals surface area contributed by atoms with Crippen molar-refractivity contribution in [2.75, 3.05) is 7.11 Å². The summed E-state index contributed by atoms with van der Waals surface area (Å²) < 4.78 is 12.1. The normalized spacial score (nSPS) is 10.6. The van der Waals surface area contributed by atoms with Gasteiger partial charge in [0.05, 0.1) is 25.6 Å². The van der Waals surface area contributed by atoms with E-state index in [1.54, 1.807) is 48.6 Å². The van der Waals surface area contributed by atoms with Crippen LogP contribution in [0.15, 0.2) is 71.6 Å². The molecule has 0 aliphatic rings. The number of rotatable bonds is 6. The van der Waals surface area contributed by atoms with Crippen molar-refractivity contribution in [3.05, 3.63) is 78.6 Å². The molecule has 3 heterocycles. The summed E-state index contributed by atoms with van der Waals surface area (Å²) in [4.78, 5) is 16.9. The van der Waals surface area contributed by atoms with Crippen molar-refractivity contribution in [1.29, 1.82) is 0 Å². The second-order valence-corrected chi connectivity index (χ2v) is 5.90. The van der Waals surface area contributed by atoms with Crippen LogP contribution < -0.4 is 10.1 Å². The lowest BCUT2D eigenvalue weighted by Gasteiger charge is -2.09. The first-order chi connectivity index (χ1) is 13.8. The summed E-state index contributed by atoms with van der Waals surface area (Å²) in [6.45, 7) is 0.258. The Kier molecular flexibility index (Phi) is 4.83. The molecule has 4 aromatic rings. The third-order valence-electron chi connectivity index (χ3n) is 4.14. The van der Waals surface area contributed by atoms with Crippen molar-refractivity contribution in [2.45, 2.75) is 6.54 Å². The number of benzene rings is 1. The number of carbonyl (C=O) groups excluding carboxylic acids is 1. The molecule has 8 heteroatoms. The highest BCUT2D eigenvalue weighted by Gasteiger charge is 2.22. The Morgan fingerprint density at radius 1 is 1.18 bits per heavy atom. The molecule has 0 unspecified atom stereocenters. The molecule has 0 saturated heterocycles. The molecule has 0 spiro atoms. The van der Waals surface area contributed by atoms with Crippen molar-refractivity contribution in [3.8, 4) is 22.7 Å². The van der Waals surface area contributed by atoms with Gasteiger partial charge in [-0.2, -0.15) is 0 Å². The van der Waals surface area contributed by atoms with Crippen molar-refractivity contribution in [3.63, 3.8) is 0 Å². The number of hydrogen-bond donors (Lipinski definition) is 1. The van der Waals surface area contributed by atoms with Crippen LogP contribution in [0, 0.1) is 0 Å². The van der Waals surface area contributed by atoms with E-state index < -0.39 is 0 Å². The van der Waals surface area contributed by atoms with E-state index >= 15 is 0 Å². The van der Waals surface area contributed by atoms with Crippen LogP contribution in [0.2, 0.25) is 0 Å². The van der Waals surface area contributed by atoms with E-state index in [0.717, 1.165) is 17.0 Å². The number of hydrogen-bond acceptors (Lipinski definition) is 6. The fraction of sp³-hybridized carbons (Fsp3) is 0.100. The molecule has 0 aliphatic heterocycles. The minimum absolute atomic E-state index is 0.204. The molecule has 0 bridgehead atoms. The Morgan fingerprint density at radius 3 is 2.71 bits per heavy atom. The first-order valence-electron chi connectivity index (χ1n) is 8.57. The van der Waals surface area contributed by atoms with Gasteiger partial charge in [-0.3, -0.25) is 9.78 Å². The molecule has 0 saturated carbocycles. The van der Waals surface area contributed by atoms with Gasteiger partial charge in [0.15, 0.2) is 5.69 Å². The number of methoxy groups -OCH3 is 1. The van der Waals surface area contributed by atoms with E-state index in [0.29, 0.717) is 11.5 Å². The van der Waals surface area contributed by atoms with Crippen LogP contribution in [0.5, 0.6) is 5.75 Å². The van der Waals surface area contributed by atoms with Gasteiger partial charge in [-0.1, -0.05) is 5.21 Å². The van der Waals surface area contributed by atoms with Gasteiger partial charge in [-0.15, -0.1) is 5.10 Å². The highest BCUT2D eigenvalue weighted by atomic mass is 16.5. The van der Waals surface area contributed by atoms with Gasteiger partial charge in [0, 0.05) is 18.0 Å². The number of nitrogens with zero attached hydrogens (tertiary/aromatic N) is 4. The molecule has 0 radical (unpaired) electrons. The van der Waals surface area contributed by atoms with Gasteiger partial charge in [-0.25, -0.2) is 4.68 Å². The minimum Gasteiger partial charge on any atom is -0.497 e. The van der Waals surface area contributed by atoms with Gasteiger partial charge in [-0.05, 0) is 48.5 Å². The number of ether oxygens (including phenoxy) is 1. The monoisotopic (exact) mass is 375 g/mol. The Labute approximate surface area is 160 Å². The van der Waals surface area contributed by atoms with Gasteiger partial charge in [0.2, 0.25) is 0 Å². The summed E-state index contributed by atoms with van der Waals surface area (Å²) in [7, 11) is 1.60. The van der Waals surface area contributed by atoms with Gasteiger partial charge in [0.25, 0.3) is 5.91 Å². The zero-order chi connectivity index (χ0) is 19.3. The Balaban J connectivity index is 1.72. The fourth-order valence-corrected chi connectivity index (χ4v) is 2.77. The maximum Gasteiger partial charge on any atom is 0.274 e. The summed E-state index contributed by atoms with van der Waals surface area (Å²) in [5.74, 6) is 1.03. The van der Waals surface area contributed by atoms with Crippen LogP contribution in [0.25, 0.3) is 16.9 Å². The SMILES string of the molecule is COc1ccc(-n2nnc(C(=O)NCc3ccco3)c2-c2cccnc2)cc1. The van der Waals surface area contributed by atoms with Crippen LogP contribution in [-0.4, -0.2) is 33.0 Å². The average Bonchev–Trinajstić information content (AvgIpc) is 3.43. The first-order valence-corrected chi connectivity index (χ1v) is 8.57. The van der Waals surface area contributed by atoms with Gasteiger partial charge in [0.1, 0.15) is 17.2 Å². The maximum atomic E-state index is 12.8. The molecule has 0 atom stereocenters. The maximum absolute atomic E-state index is 12.8. The molecule has 3 aromatic heterocycles. The topological polar surface area (TPSA) is 95.1 Å². The van der Waals surface area contributed by atoms with Gasteiger partial charge >= 0.3 is 0 Å². The van der Waals surface area contributed by atoms with Crippen molar-refractivity contribution >= 4 is 5.91 Å². The third-order valence-corrected chi connectivity index (χ3v) is 4.14. The highest BCUT2D eigenvalue weighted by molar-refractivity contribution is 5.98. The molecule has 0 aliphatic carbocycles. The van der Waals surface area contributed by atoms with Crippen molar-refractivity contribution in [1.82, 2.24) is 25.3 Å². The molecule has 28 heavy (non-hydrogen) atoms. The Morgan fingerprint density at radius 2 is 2.04 bits per heavy atom. The number of aromatic nitrogens is 4. The number of furan rings is 1. The number of carbonyl (C=O) groups is 1. The van der Waals surface area contributed by atoms with Crippen LogP contribution in [-0.2, 0) is 6.54 Å². The van der Waals surface area contributed by atoms with E-state index in [1.807, 2.05) is 30.3 Å². The van der Waals surface area contributed by atoms with Crippen LogP contribution in [0.1, 0.15) is 16.2 Å². The quantitative estimate of drug-likeness (QED) is 0.557. The van der Waals surface area contributed by atoms with E-state index in [9.17, 15) is 4.79 Å². The minimum atomic E-state index is -0.352. The standard InChI is InChI=1S/C20H17N5O3/c1-27-16-8-6-15(7-9-16)25-19(14-4-2-10-21-12-14)18(23-24-25)20(26)22-13-17-5-3-11-28-17/h2-12H,13H2,1H3,(H,22,26). The zero-order valence-electron chi connectivity index (χ0n) is 15.1. The zero-order valence-corrected chi connectivity index (χ0v) is 15.1. The van der Waals surface area contributed by atoms with Crippen molar-refractivity contribution < 1.29 is 13.9 Å². The molecule has 1 N–H and O–H groups in total. The molecule has 0 fully saturated rings. The molecule has 1 amide bonds. The predicted octanol–water partition coefficient (Wildman–Crippen LogP) is 2.86. The lowest BCUT2D eigenvalue weighted by atomic mass is 10.1. The number of nitrogens with one attached hydrogen (secondary N) is 1. The molecular formula is C20H17N5O3. The highest BCUT2D eigenvalue weighted by Crippen LogP contribution is 2.25. The number of pyridine rings is 1. The average molecular weight is 375 g/mol. The van der Waals surface area contributed by atoms with Gasteiger partial charge < -0.3 is 14.5 Å². The summed E-state index contributed by atoms with van der Waals surface area (Å²) in [6, 6.07) is 14.5. The Hall–Kier alpha value is -3.94. The van der Waals surface area contributed by atoms with Crippen LogP contribution in [0.3, 0.4) is 0 Å². The van der Waals surface area contributed by atoms with E-state index in [-0.39, 0.29) is 18.1 Å². The van der Waals surface area contributed by atoms with Crippen molar-refractivity contribution in [2.24, 2.45) is 0 Å². The summed E-state index contributed by atoms with van der Waals surface area (Å²) >= 11 is 0. The van der Waals surface area contributed by atoms with E-state index in [4.69, 9.17) is 9.15 Å². The van der Waals surface area contributed by atoms with E-state index in [1.165, 1.54) is 0 Å². The molecule has 4 rings (SSSR count). The van der Waals surface area contributed by atoms with E-state index in [2.05, 4.69) is 20.6 Å². The lowest BCUT2D eigenvalue weighted by molar-refractivity contribution is 0.0943. The van der Waals surface area contributed by atoms with Crippen LogP contribution in [0.4, 0.5) is 0 Å². The summed E-state index contributed by atoms with van der Waals surface area (Å²) in [5.41, 5.74) is 2.23. The second kappa shape index (κ2) is 7.75. The largest absolute Gasteiger partial charge is 0.497 e. The lowest BCUT2D eigenvalue weighted by Crippen LogP contribution is -2.23. The molecule has 1 aromatic carbocycles. The Bertz CT molecular complexity index is 1060. The summed E-state index contributed by atoms with van der Waals surface area (Å²) in [5, 5.41) is 11.1. The number of amides is 1. The predicted molar refractivity (Wildman–Crippen MR) is 101 cm³/mol. The molecular weight excluding hydrogens is 358 g/mol. The molecule has 8 nitrogen and oxygen atoms in total. The van der Waals surface area contributed by atoms with Crippen LogP contribution >= 0.6 is 0 Å². The fourth-order valence-electron chi connectivity index (χ4n) is 2.77.